The Morgan fingerprint density at radius 2 is 2.18 bits per heavy atom. The Morgan fingerprint density at radius 1 is 1.41 bits per heavy atom. The number of hydrazine groups is 1. The Balaban J connectivity index is 1.42. The summed E-state index contributed by atoms with van der Waals surface area (Å²) in [7, 11) is 1.26. The van der Waals surface area contributed by atoms with Crippen molar-refractivity contribution in [3.63, 3.8) is 0 Å². The Kier molecular flexibility index (Phi) is 6.34. The second kappa shape index (κ2) is 9.36. The highest BCUT2D eigenvalue weighted by Crippen LogP contribution is 2.40. The number of nitrogens with two attached hydrogens (primary N) is 2. The maximum absolute atomic E-state index is 14.2. The number of ether oxygens (including phenoxy) is 1. The molecule has 0 spiro atoms. The van der Waals surface area contributed by atoms with E-state index in [2.05, 4.69) is 16.4 Å². The van der Waals surface area contributed by atoms with Gasteiger partial charge < -0.3 is 25.2 Å². The first kappa shape index (κ1) is 23.0. The van der Waals surface area contributed by atoms with Gasteiger partial charge in [-0.1, -0.05) is 0 Å². The number of pyridine rings is 1. The number of benzene rings is 1. The largest absolute Gasteiger partial charge is 0.494 e. The van der Waals surface area contributed by atoms with Gasteiger partial charge in [-0.3, -0.25) is 4.79 Å². The summed E-state index contributed by atoms with van der Waals surface area (Å²) in [6, 6.07) is 6.24. The van der Waals surface area contributed by atoms with Gasteiger partial charge in [0, 0.05) is 30.7 Å². The molecule has 1 aromatic carbocycles. The summed E-state index contributed by atoms with van der Waals surface area (Å²) < 4.78 is 34.8. The first-order valence-electron chi connectivity index (χ1n) is 10.5. The van der Waals surface area contributed by atoms with E-state index in [1.165, 1.54) is 13.3 Å². The van der Waals surface area contributed by atoms with Gasteiger partial charge in [-0.05, 0) is 42.5 Å². The second-order valence-electron chi connectivity index (χ2n) is 8.02. The molecule has 0 unspecified atom stereocenters. The van der Waals surface area contributed by atoms with Crippen molar-refractivity contribution < 1.29 is 18.3 Å². The lowest BCUT2D eigenvalue weighted by Crippen LogP contribution is -2.33. The van der Waals surface area contributed by atoms with Crippen LogP contribution in [0.15, 0.2) is 42.5 Å². The van der Waals surface area contributed by atoms with E-state index in [1.807, 2.05) is 12.3 Å². The molecule has 1 amide bonds. The van der Waals surface area contributed by atoms with E-state index in [4.69, 9.17) is 16.3 Å². The second-order valence-corrected chi connectivity index (χ2v) is 8.02. The first-order valence-corrected chi connectivity index (χ1v) is 10.5. The molecule has 0 bridgehead atoms. The number of halogens is 2. The minimum atomic E-state index is -0.903. The van der Waals surface area contributed by atoms with E-state index in [-0.39, 0.29) is 23.6 Å². The molecule has 0 saturated heterocycles. The van der Waals surface area contributed by atoms with Crippen LogP contribution in [0.3, 0.4) is 0 Å². The van der Waals surface area contributed by atoms with Crippen LogP contribution in [0.2, 0.25) is 0 Å². The summed E-state index contributed by atoms with van der Waals surface area (Å²) in [5.41, 5.74) is 7.85. The fourth-order valence-corrected chi connectivity index (χ4v) is 3.61. The fraction of sp³-hybridized carbons (Fsp3) is 0.261. The predicted octanol–water partition coefficient (Wildman–Crippen LogP) is 2.16. The third-order valence-corrected chi connectivity index (χ3v) is 5.50. The van der Waals surface area contributed by atoms with Crippen molar-refractivity contribution >= 4 is 11.6 Å². The molecule has 0 aliphatic heterocycles. The van der Waals surface area contributed by atoms with Crippen LogP contribution < -0.4 is 21.6 Å². The molecule has 34 heavy (non-hydrogen) atoms. The molecular formula is C23H23F2N7O2. The smallest absolute Gasteiger partial charge is 0.268 e. The zero-order valence-corrected chi connectivity index (χ0v) is 18.4. The van der Waals surface area contributed by atoms with Crippen molar-refractivity contribution in [1.82, 2.24) is 19.7 Å². The zero-order chi connectivity index (χ0) is 24.4. The maximum Gasteiger partial charge on any atom is 0.268 e. The molecule has 1 aliphatic rings. The van der Waals surface area contributed by atoms with E-state index in [0.717, 1.165) is 35.5 Å². The van der Waals surface area contributed by atoms with Gasteiger partial charge in [0.1, 0.15) is 17.6 Å². The Bertz CT molecular complexity index is 1330. The number of nitriles is 1. The Hall–Kier alpha value is -4.17. The molecule has 1 aliphatic carbocycles. The van der Waals surface area contributed by atoms with Crippen LogP contribution in [-0.2, 0) is 17.9 Å². The third kappa shape index (κ3) is 4.77. The summed E-state index contributed by atoms with van der Waals surface area (Å²) in [4.78, 5) is 16.8. The van der Waals surface area contributed by atoms with Crippen LogP contribution in [0.5, 0.6) is 5.75 Å². The average Bonchev–Trinajstić information content (AvgIpc) is 3.58. The molecule has 1 fully saturated rings. The topological polar surface area (TPSA) is 135 Å². The SMILES string of the molecule is COc1ccc(F)c(CNC(=O)/C(N)=C/N(N)Cc2cn3cc(C4CC4)cc(C#N)c3n2)c1F. The summed E-state index contributed by atoms with van der Waals surface area (Å²) in [6.45, 7) is -0.321. The van der Waals surface area contributed by atoms with Gasteiger partial charge in [0.2, 0.25) is 0 Å². The highest BCUT2D eigenvalue weighted by atomic mass is 19.1. The van der Waals surface area contributed by atoms with E-state index >= 15 is 0 Å². The number of hydrogen-bond donors (Lipinski definition) is 3. The number of methoxy groups -OCH3 is 1. The molecule has 5 N–H and O–H groups in total. The summed E-state index contributed by atoms with van der Waals surface area (Å²) in [5, 5.41) is 13.0. The first-order chi connectivity index (χ1) is 16.3. The number of nitrogens with one attached hydrogen (secondary N) is 1. The van der Waals surface area contributed by atoms with Gasteiger partial charge in [0.05, 0.1) is 24.9 Å². The molecule has 0 radical (unpaired) electrons. The molecule has 3 aromatic rings. The number of amides is 1. The van der Waals surface area contributed by atoms with Crippen molar-refractivity contribution in [1.29, 1.82) is 5.26 Å². The molecule has 11 heteroatoms. The number of fused-ring (bicyclic) bond motifs is 1. The monoisotopic (exact) mass is 467 g/mol. The van der Waals surface area contributed by atoms with Gasteiger partial charge in [-0.2, -0.15) is 5.26 Å². The number of aromatic nitrogens is 2. The molecule has 0 atom stereocenters. The maximum atomic E-state index is 14.2. The Labute approximate surface area is 194 Å². The van der Waals surface area contributed by atoms with Gasteiger partial charge in [0.15, 0.2) is 17.2 Å². The van der Waals surface area contributed by atoms with Crippen molar-refractivity contribution in [2.45, 2.75) is 31.8 Å². The van der Waals surface area contributed by atoms with E-state index in [1.54, 1.807) is 10.6 Å². The van der Waals surface area contributed by atoms with Crippen LogP contribution >= 0.6 is 0 Å². The summed E-state index contributed by atoms with van der Waals surface area (Å²) in [5.74, 6) is 3.82. The van der Waals surface area contributed by atoms with Crippen LogP contribution in [0, 0.1) is 23.0 Å². The predicted molar refractivity (Wildman–Crippen MR) is 119 cm³/mol. The van der Waals surface area contributed by atoms with Crippen LogP contribution in [0.25, 0.3) is 5.65 Å². The molecule has 1 saturated carbocycles. The number of imidazole rings is 1. The standard InChI is InChI=1S/C23H23F2N7O2/c1-34-20-5-4-18(24)17(21(20)25)8-29-23(33)19(27)12-32(28)11-16-10-31-9-15(13-2-3-13)6-14(7-26)22(31)30-16/h4-6,9-10,12-13H,2-3,8,11,27-28H2,1H3,(H,29,33)/b19-12-. The molecular weight excluding hydrogens is 444 g/mol. The Morgan fingerprint density at radius 3 is 2.85 bits per heavy atom. The normalized spacial score (nSPS) is 13.6. The lowest BCUT2D eigenvalue weighted by molar-refractivity contribution is -0.117. The van der Waals surface area contributed by atoms with Gasteiger partial charge >= 0.3 is 0 Å². The average molecular weight is 467 g/mol. The van der Waals surface area contributed by atoms with Crippen molar-refractivity contribution in [2.24, 2.45) is 11.6 Å². The lowest BCUT2D eigenvalue weighted by atomic mass is 10.1. The van der Waals surface area contributed by atoms with Crippen molar-refractivity contribution in [3.05, 3.63) is 76.5 Å². The highest BCUT2D eigenvalue weighted by molar-refractivity contribution is 5.92. The molecule has 4 rings (SSSR count). The van der Waals surface area contributed by atoms with Crippen LogP contribution in [0.1, 0.15) is 41.1 Å². The highest BCUT2D eigenvalue weighted by Gasteiger charge is 2.25. The number of carbonyl (C=O) groups excluding carboxylic acids is 1. The lowest BCUT2D eigenvalue weighted by Gasteiger charge is -2.14. The minimum absolute atomic E-state index is 0.110. The third-order valence-electron chi connectivity index (χ3n) is 5.50. The number of rotatable bonds is 8. The van der Waals surface area contributed by atoms with Gasteiger partial charge in [-0.15, -0.1) is 0 Å². The number of hydrogen-bond acceptors (Lipinski definition) is 7. The summed E-state index contributed by atoms with van der Waals surface area (Å²) >= 11 is 0. The summed E-state index contributed by atoms with van der Waals surface area (Å²) in [6.07, 6.45) is 7.13. The fourth-order valence-electron chi connectivity index (χ4n) is 3.61. The van der Waals surface area contributed by atoms with Crippen molar-refractivity contribution in [2.75, 3.05) is 7.11 Å². The van der Waals surface area contributed by atoms with E-state index in [0.29, 0.717) is 22.8 Å². The van der Waals surface area contributed by atoms with Gasteiger partial charge in [-0.25, -0.2) is 19.6 Å². The van der Waals surface area contributed by atoms with Crippen LogP contribution in [0.4, 0.5) is 8.78 Å². The minimum Gasteiger partial charge on any atom is -0.494 e. The molecule has 2 aromatic heterocycles. The zero-order valence-electron chi connectivity index (χ0n) is 18.4. The van der Waals surface area contributed by atoms with Crippen LogP contribution in [-0.4, -0.2) is 27.4 Å². The quantitative estimate of drug-likeness (QED) is 0.262. The van der Waals surface area contributed by atoms with Gasteiger partial charge in [0.25, 0.3) is 5.91 Å². The number of carbonyl (C=O) groups is 1. The van der Waals surface area contributed by atoms with E-state index < -0.39 is 24.1 Å². The molecule has 9 nitrogen and oxygen atoms in total. The molecule has 176 valence electrons. The van der Waals surface area contributed by atoms with E-state index in [9.17, 15) is 18.8 Å². The number of nitrogens with zero attached hydrogens (tertiary/aromatic N) is 4. The molecule has 2 heterocycles. The van der Waals surface area contributed by atoms with Crippen molar-refractivity contribution in [3.8, 4) is 11.8 Å².